The molecule has 2 nitrogen and oxygen atoms in total. The second-order valence-corrected chi connectivity index (χ2v) is 7.20. The summed E-state index contributed by atoms with van der Waals surface area (Å²) >= 11 is 6.30. The SMILES string of the molecule is Cc1cc2oc(-c3ccc(C(C)(C)C)cc3)nc2c(C)c1Cl. The number of aryl methyl sites for hydroxylation is 2. The molecule has 3 aromatic rings. The summed E-state index contributed by atoms with van der Waals surface area (Å²) in [5.41, 5.74) is 6.02. The van der Waals surface area contributed by atoms with Crippen molar-refractivity contribution in [2.24, 2.45) is 0 Å². The van der Waals surface area contributed by atoms with E-state index in [0.717, 1.165) is 32.8 Å². The Hall–Kier alpha value is -1.80. The van der Waals surface area contributed by atoms with Crippen molar-refractivity contribution in [3.63, 3.8) is 0 Å². The van der Waals surface area contributed by atoms with Crippen LogP contribution in [-0.4, -0.2) is 4.98 Å². The van der Waals surface area contributed by atoms with E-state index in [9.17, 15) is 0 Å². The van der Waals surface area contributed by atoms with Crippen molar-refractivity contribution >= 4 is 22.7 Å². The van der Waals surface area contributed by atoms with Gasteiger partial charge in [-0.05, 0) is 54.2 Å². The number of hydrogen-bond acceptors (Lipinski definition) is 2. The van der Waals surface area contributed by atoms with Crippen LogP contribution in [0.5, 0.6) is 0 Å². The van der Waals surface area contributed by atoms with E-state index in [1.54, 1.807) is 0 Å². The van der Waals surface area contributed by atoms with Gasteiger partial charge in [-0.25, -0.2) is 4.98 Å². The molecule has 2 aromatic carbocycles. The first-order valence-corrected chi connectivity index (χ1v) is 7.82. The molecule has 3 heteroatoms. The summed E-state index contributed by atoms with van der Waals surface area (Å²) < 4.78 is 5.93. The van der Waals surface area contributed by atoms with Gasteiger partial charge in [-0.3, -0.25) is 0 Å². The minimum atomic E-state index is 0.140. The van der Waals surface area contributed by atoms with Crippen molar-refractivity contribution in [2.75, 3.05) is 0 Å². The van der Waals surface area contributed by atoms with Crippen LogP contribution in [-0.2, 0) is 5.41 Å². The highest BCUT2D eigenvalue weighted by molar-refractivity contribution is 6.33. The average Bonchev–Trinajstić information content (AvgIpc) is 2.88. The Balaban J connectivity index is 2.09. The summed E-state index contributed by atoms with van der Waals surface area (Å²) in [7, 11) is 0. The van der Waals surface area contributed by atoms with E-state index in [0.29, 0.717) is 5.89 Å². The number of oxazole rings is 1. The molecular formula is C19H20ClNO. The monoisotopic (exact) mass is 313 g/mol. The lowest BCUT2D eigenvalue weighted by molar-refractivity contribution is 0.589. The zero-order chi connectivity index (χ0) is 16.1. The molecule has 0 aliphatic rings. The largest absolute Gasteiger partial charge is 0.436 e. The molecule has 3 rings (SSSR count). The molecule has 0 saturated carbocycles. The lowest BCUT2D eigenvalue weighted by Gasteiger charge is -2.18. The zero-order valence-corrected chi connectivity index (χ0v) is 14.4. The lowest BCUT2D eigenvalue weighted by atomic mass is 9.87. The van der Waals surface area contributed by atoms with E-state index in [-0.39, 0.29) is 5.41 Å². The van der Waals surface area contributed by atoms with Crippen molar-refractivity contribution in [2.45, 2.75) is 40.0 Å². The summed E-state index contributed by atoms with van der Waals surface area (Å²) in [6.45, 7) is 10.6. The van der Waals surface area contributed by atoms with Crippen LogP contribution < -0.4 is 0 Å². The Kier molecular flexibility index (Phi) is 3.53. The van der Waals surface area contributed by atoms with Crippen molar-refractivity contribution in [1.82, 2.24) is 4.98 Å². The number of rotatable bonds is 1. The Labute approximate surface area is 136 Å². The second kappa shape index (κ2) is 5.13. The third kappa shape index (κ3) is 2.52. The van der Waals surface area contributed by atoms with Crippen LogP contribution >= 0.6 is 11.6 Å². The predicted molar refractivity (Wildman–Crippen MR) is 92.6 cm³/mol. The van der Waals surface area contributed by atoms with Gasteiger partial charge < -0.3 is 4.42 Å². The van der Waals surface area contributed by atoms with Gasteiger partial charge in [0.25, 0.3) is 0 Å². The second-order valence-electron chi connectivity index (χ2n) is 6.83. The Morgan fingerprint density at radius 1 is 1.05 bits per heavy atom. The highest BCUT2D eigenvalue weighted by atomic mass is 35.5. The van der Waals surface area contributed by atoms with Crippen molar-refractivity contribution in [3.05, 3.63) is 52.0 Å². The third-order valence-corrected chi connectivity index (χ3v) is 4.61. The van der Waals surface area contributed by atoms with Crippen molar-refractivity contribution in [3.8, 4) is 11.5 Å². The van der Waals surface area contributed by atoms with Gasteiger partial charge in [0.2, 0.25) is 5.89 Å². The molecule has 1 aromatic heterocycles. The smallest absolute Gasteiger partial charge is 0.227 e. The molecule has 0 saturated heterocycles. The maximum Gasteiger partial charge on any atom is 0.227 e. The normalized spacial score (nSPS) is 12.1. The van der Waals surface area contributed by atoms with E-state index >= 15 is 0 Å². The summed E-state index contributed by atoms with van der Waals surface area (Å²) in [5, 5.41) is 0.760. The van der Waals surface area contributed by atoms with E-state index < -0.39 is 0 Å². The molecule has 0 N–H and O–H groups in total. The number of nitrogens with zero attached hydrogens (tertiary/aromatic N) is 1. The van der Waals surface area contributed by atoms with Gasteiger partial charge in [0, 0.05) is 10.6 Å². The maximum atomic E-state index is 6.30. The van der Waals surface area contributed by atoms with Crippen LogP contribution in [0.2, 0.25) is 5.02 Å². The van der Waals surface area contributed by atoms with Gasteiger partial charge in [0.05, 0.1) is 0 Å². The van der Waals surface area contributed by atoms with Crippen molar-refractivity contribution in [1.29, 1.82) is 0 Å². The van der Waals surface area contributed by atoms with Gasteiger partial charge in [-0.2, -0.15) is 0 Å². The topological polar surface area (TPSA) is 26.0 Å². The standard InChI is InChI=1S/C19H20ClNO/c1-11-10-15-17(12(2)16(11)20)21-18(22-15)13-6-8-14(9-7-13)19(3,4)5/h6-10H,1-5H3. The molecule has 0 aliphatic heterocycles. The van der Waals surface area contributed by atoms with Crippen LogP contribution in [0.1, 0.15) is 37.5 Å². The van der Waals surface area contributed by atoms with E-state index in [1.165, 1.54) is 5.56 Å². The van der Waals surface area contributed by atoms with Gasteiger partial charge in [-0.15, -0.1) is 0 Å². The average molecular weight is 314 g/mol. The number of aromatic nitrogens is 1. The number of benzene rings is 2. The van der Waals surface area contributed by atoms with Gasteiger partial charge in [0.1, 0.15) is 5.52 Å². The third-order valence-electron chi connectivity index (χ3n) is 4.03. The van der Waals surface area contributed by atoms with Gasteiger partial charge in [-0.1, -0.05) is 44.5 Å². The van der Waals surface area contributed by atoms with Crippen molar-refractivity contribution < 1.29 is 4.42 Å². The molecule has 0 atom stereocenters. The minimum Gasteiger partial charge on any atom is -0.436 e. The minimum absolute atomic E-state index is 0.140. The molecule has 0 aliphatic carbocycles. The Morgan fingerprint density at radius 2 is 1.68 bits per heavy atom. The lowest BCUT2D eigenvalue weighted by Crippen LogP contribution is -2.10. The van der Waals surface area contributed by atoms with Crippen LogP contribution in [0.25, 0.3) is 22.6 Å². The van der Waals surface area contributed by atoms with E-state index in [1.807, 2.05) is 19.9 Å². The molecule has 0 unspecified atom stereocenters. The number of fused-ring (bicyclic) bond motifs is 1. The Morgan fingerprint density at radius 3 is 2.27 bits per heavy atom. The molecular weight excluding hydrogens is 294 g/mol. The van der Waals surface area contributed by atoms with Crippen LogP contribution in [0.15, 0.2) is 34.7 Å². The van der Waals surface area contributed by atoms with E-state index in [4.69, 9.17) is 16.0 Å². The fourth-order valence-electron chi connectivity index (χ4n) is 2.59. The fraction of sp³-hybridized carbons (Fsp3) is 0.316. The molecule has 0 radical (unpaired) electrons. The first-order chi connectivity index (χ1) is 10.3. The first kappa shape index (κ1) is 15.1. The zero-order valence-electron chi connectivity index (χ0n) is 13.6. The molecule has 114 valence electrons. The summed E-state index contributed by atoms with van der Waals surface area (Å²) in [6.07, 6.45) is 0. The number of halogens is 1. The molecule has 0 amide bonds. The molecule has 1 heterocycles. The fourth-order valence-corrected chi connectivity index (χ4v) is 2.74. The number of hydrogen-bond donors (Lipinski definition) is 0. The van der Waals surface area contributed by atoms with E-state index in [2.05, 4.69) is 50.0 Å². The highest BCUT2D eigenvalue weighted by Gasteiger charge is 2.16. The van der Waals surface area contributed by atoms with Crippen LogP contribution in [0.4, 0.5) is 0 Å². The predicted octanol–water partition coefficient (Wildman–Crippen LogP) is 6.06. The quantitative estimate of drug-likeness (QED) is 0.545. The summed E-state index contributed by atoms with van der Waals surface area (Å²) in [4.78, 5) is 4.63. The highest BCUT2D eigenvalue weighted by Crippen LogP contribution is 2.32. The molecule has 0 bridgehead atoms. The first-order valence-electron chi connectivity index (χ1n) is 7.44. The Bertz CT molecular complexity index is 838. The summed E-state index contributed by atoms with van der Waals surface area (Å²) in [5.74, 6) is 0.639. The molecule has 0 spiro atoms. The molecule has 22 heavy (non-hydrogen) atoms. The van der Waals surface area contributed by atoms with Gasteiger partial charge >= 0.3 is 0 Å². The maximum absolute atomic E-state index is 6.30. The summed E-state index contributed by atoms with van der Waals surface area (Å²) in [6, 6.07) is 10.3. The van der Waals surface area contributed by atoms with Gasteiger partial charge in [0.15, 0.2) is 5.58 Å². The van der Waals surface area contributed by atoms with Crippen LogP contribution in [0, 0.1) is 13.8 Å². The molecule has 0 fully saturated rings. The van der Waals surface area contributed by atoms with Crippen LogP contribution in [0.3, 0.4) is 0 Å².